The standard InChI is InChI=1S/C10H12N6O2/c1-15-7(4-5-13-15)6-12-9-3-2-8(16(17)18)10(11)14-9/h2-5H,6H2,1H3,(H3,11,12,14). The molecule has 0 radical (unpaired) electrons. The van der Waals surface area contributed by atoms with Crippen LogP contribution in [0.2, 0.25) is 0 Å². The first-order chi connectivity index (χ1) is 8.58. The summed E-state index contributed by atoms with van der Waals surface area (Å²) in [5.41, 5.74) is 6.26. The molecular formula is C10H12N6O2. The van der Waals surface area contributed by atoms with Gasteiger partial charge in [-0.1, -0.05) is 0 Å². The molecule has 2 heterocycles. The number of nitrogen functional groups attached to an aromatic ring is 1. The molecule has 0 aromatic carbocycles. The van der Waals surface area contributed by atoms with Gasteiger partial charge in [0.1, 0.15) is 5.82 Å². The summed E-state index contributed by atoms with van der Waals surface area (Å²) in [5.74, 6) is 0.384. The van der Waals surface area contributed by atoms with Gasteiger partial charge in [0, 0.05) is 19.3 Å². The highest BCUT2D eigenvalue weighted by atomic mass is 16.6. The zero-order valence-corrected chi connectivity index (χ0v) is 9.70. The maximum absolute atomic E-state index is 10.6. The molecule has 0 fully saturated rings. The molecule has 94 valence electrons. The zero-order valence-electron chi connectivity index (χ0n) is 9.70. The number of anilines is 2. The molecule has 0 atom stereocenters. The number of rotatable bonds is 4. The fourth-order valence-corrected chi connectivity index (χ4v) is 1.48. The molecule has 0 saturated carbocycles. The highest BCUT2D eigenvalue weighted by Crippen LogP contribution is 2.20. The monoisotopic (exact) mass is 248 g/mol. The fraction of sp³-hybridized carbons (Fsp3) is 0.200. The highest BCUT2D eigenvalue weighted by Gasteiger charge is 2.12. The van der Waals surface area contributed by atoms with Crippen LogP contribution in [-0.4, -0.2) is 19.7 Å². The SMILES string of the molecule is Cn1nccc1CNc1ccc([N+](=O)[O-])c(N)n1. The van der Waals surface area contributed by atoms with Crippen molar-refractivity contribution in [3.63, 3.8) is 0 Å². The first-order valence-corrected chi connectivity index (χ1v) is 5.19. The van der Waals surface area contributed by atoms with Crippen molar-refractivity contribution in [2.45, 2.75) is 6.54 Å². The molecule has 2 aromatic heterocycles. The van der Waals surface area contributed by atoms with Gasteiger partial charge >= 0.3 is 5.69 Å². The van der Waals surface area contributed by atoms with E-state index in [1.165, 1.54) is 12.1 Å². The molecular weight excluding hydrogens is 236 g/mol. The van der Waals surface area contributed by atoms with Crippen LogP contribution in [0, 0.1) is 10.1 Å². The third-order valence-electron chi connectivity index (χ3n) is 2.47. The zero-order chi connectivity index (χ0) is 13.1. The number of aryl methyl sites for hydroxylation is 1. The summed E-state index contributed by atoms with van der Waals surface area (Å²) in [6.45, 7) is 0.515. The minimum absolute atomic E-state index is 0.102. The van der Waals surface area contributed by atoms with Gasteiger partial charge in [-0.3, -0.25) is 14.8 Å². The fourth-order valence-electron chi connectivity index (χ4n) is 1.48. The van der Waals surface area contributed by atoms with E-state index in [0.29, 0.717) is 12.4 Å². The molecule has 18 heavy (non-hydrogen) atoms. The molecule has 2 rings (SSSR count). The van der Waals surface area contributed by atoms with Gasteiger partial charge in [0.2, 0.25) is 5.82 Å². The molecule has 0 spiro atoms. The average molecular weight is 248 g/mol. The van der Waals surface area contributed by atoms with Crippen LogP contribution in [-0.2, 0) is 13.6 Å². The first kappa shape index (κ1) is 11.8. The van der Waals surface area contributed by atoms with Gasteiger partial charge in [0.25, 0.3) is 0 Å². The predicted octanol–water partition coefficient (Wildman–Crippen LogP) is 0.918. The van der Waals surface area contributed by atoms with E-state index < -0.39 is 4.92 Å². The Hall–Kier alpha value is -2.64. The van der Waals surface area contributed by atoms with Crippen molar-refractivity contribution < 1.29 is 4.92 Å². The molecule has 0 unspecified atom stereocenters. The lowest BCUT2D eigenvalue weighted by Gasteiger charge is -2.06. The van der Waals surface area contributed by atoms with Gasteiger partial charge in [0.15, 0.2) is 0 Å². The van der Waals surface area contributed by atoms with E-state index in [-0.39, 0.29) is 11.5 Å². The molecule has 3 N–H and O–H groups in total. The van der Waals surface area contributed by atoms with Crippen LogP contribution < -0.4 is 11.1 Å². The Balaban J connectivity index is 2.09. The Morgan fingerprint density at radius 2 is 2.28 bits per heavy atom. The number of nitrogens with one attached hydrogen (secondary N) is 1. The minimum Gasteiger partial charge on any atom is -0.378 e. The Bertz CT molecular complexity index is 579. The van der Waals surface area contributed by atoms with Crippen LogP contribution in [0.5, 0.6) is 0 Å². The normalized spacial score (nSPS) is 10.3. The summed E-state index contributed by atoms with van der Waals surface area (Å²) >= 11 is 0. The Morgan fingerprint density at radius 3 is 2.83 bits per heavy atom. The van der Waals surface area contributed by atoms with Crippen LogP contribution in [0.1, 0.15) is 5.69 Å². The van der Waals surface area contributed by atoms with Crippen LogP contribution >= 0.6 is 0 Å². The van der Waals surface area contributed by atoms with E-state index in [4.69, 9.17) is 5.73 Å². The van der Waals surface area contributed by atoms with Crippen molar-refractivity contribution >= 4 is 17.3 Å². The number of hydrogen-bond donors (Lipinski definition) is 2. The first-order valence-electron chi connectivity index (χ1n) is 5.19. The molecule has 0 saturated heterocycles. The minimum atomic E-state index is -0.562. The number of hydrogen-bond acceptors (Lipinski definition) is 6. The molecule has 0 aliphatic carbocycles. The Kier molecular flexibility index (Phi) is 3.09. The molecule has 0 amide bonds. The van der Waals surface area contributed by atoms with E-state index >= 15 is 0 Å². The lowest BCUT2D eigenvalue weighted by molar-refractivity contribution is -0.384. The summed E-state index contributed by atoms with van der Waals surface area (Å²) in [4.78, 5) is 13.9. The maximum atomic E-state index is 10.6. The van der Waals surface area contributed by atoms with Crippen molar-refractivity contribution in [1.29, 1.82) is 0 Å². The summed E-state index contributed by atoms with van der Waals surface area (Å²) in [6.07, 6.45) is 1.69. The van der Waals surface area contributed by atoms with Crippen molar-refractivity contribution in [3.05, 3.63) is 40.2 Å². The predicted molar refractivity (Wildman–Crippen MR) is 65.8 cm³/mol. The third-order valence-corrected chi connectivity index (χ3v) is 2.47. The van der Waals surface area contributed by atoms with E-state index in [1.807, 2.05) is 13.1 Å². The van der Waals surface area contributed by atoms with E-state index in [2.05, 4.69) is 15.4 Å². The van der Waals surface area contributed by atoms with E-state index in [1.54, 1.807) is 10.9 Å². The molecule has 2 aromatic rings. The maximum Gasteiger partial charge on any atom is 0.311 e. The Morgan fingerprint density at radius 1 is 1.50 bits per heavy atom. The van der Waals surface area contributed by atoms with Gasteiger partial charge < -0.3 is 11.1 Å². The summed E-state index contributed by atoms with van der Waals surface area (Å²) in [6, 6.07) is 4.71. The van der Waals surface area contributed by atoms with Gasteiger partial charge in [-0.05, 0) is 12.1 Å². The second kappa shape index (κ2) is 4.70. The largest absolute Gasteiger partial charge is 0.378 e. The number of aromatic nitrogens is 3. The van der Waals surface area contributed by atoms with Gasteiger partial charge in [-0.2, -0.15) is 5.10 Å². The quantitative estimate of drug-likeness (QED) is 0.614. The summed E-state index contributed by atoms with van der Waals surface area (Å²) in [7, 11) is 1.83. The van der Waals surface area contributed by atoms with E-state index in [0.717, 1.165) is 5.69 Å². The third kappa shape index (κ3) is 2.37. The lowest BCUT2D eigenvalue weighted by atomic mass is 10.3. The van der Waals surface area contributed by atoms with Crippen LogP contribution in [0.15, 0.2) is 24.4 Å². The van der Waals surface area contributed by atoms with Gasteiger partial charge in [0.05, 0.1) is 17.2 Å². The van der Waals surface area contributed by atoms with Gasteiger partial charge in [-0.25, -0.2) is 4.98 Å². The highest BCUT2D eigenvalue weighted by molar-refractivity contribution is 5.57. The van der Waals surface area contributed by atoms with Crippen molar-refractivity contribution in [2.75, 3.05) is 11.1 Å². The number of nitro groups is 1. The molecule has 8 heteroatoms. The summed E-state index contributed by atoms with van der Waals surface area (Å²) < 4.78 is 1.72. The number of pyridine rings is 1. The van der Waals surface area contributed by atoms with Crippen molar-refractivity contribution in [2.24, 2.45) is 7.05 Å². The average Bonchev–Trinajstić information content (AvgIpc) is 2.72. The molecule has 0 bridgehead atoms. The van der Waals surface area contributed by atoms with Crippen LogP contribution in [0.4, 0.5) is 17.3 Å². The smallest absolute Gasteiger partial charge is 0.311 e. The van der Waals surface area contributed by atoms with Crippen molar-refractivity contribution in [3.8, 4) is 0 Å². The molecule has 8 nitrogen and oxygen atoms in total. The lowest BCUT2D eigenvalue weighted by Crippen LogP contribution is -2.07. The van der Waals surface area contributed by atoms with E-state index in [9.17, 15) is 10.1 Å². The second-order valence-electron chi connectivity index (χ2n) is 3.66. The second-order valence-corrected chi connectivity index (χ2v) is 3.66. The van der Waals surface area contributed by atoms with Gasteiger partial charge in [-0.15, -0.1) is 0 Å². The van der Waals surface area contributed by atoms with Crippen LogP contribution in [0.25, 0.3) is 0 Å². The number of nitrogens with zero attached hydrogens (tertiary/aromatic N) is 4. The van der Waals surface area contributed by atoms with Crippen molar-refractivity contribution in [1.82, 2.24) is 14.8 Å². The Labute approximate surface area is 103 Å². The topological polar surface area (TPSA) is 112 Å². The van der Waals surface area contributed by atoms with Crippen LogP contribution in [0.3, 0.4) is 0 Å². The summed E-state index contributed by atoms with van der Waals surface area (Å²) in [5, 5.41) is 17.6. The number of nitrogens with two attached hydrogens (primary N) is 1. The molecule has 0 aliphatic rings. The molecule has 0 aliphatic heterocycles.